The lowest BCUT2D eigenvalue weighted by Gasteiger charge is -2.08. The fourth-order valence-electron chi connectivity index (χ4n) is 0.659. The molecule has 0 bridgehead atoms. The number of aliphatic hydroxyl groups is 1. The molecule has 10 heavy (non-hydrogen) atoms. The zero-order chi connectivity index (χ0) is 7.82. The van der Waals surface area contributed by atoms with Crippen molar-refractivity contribution in [3.63, 3.8) is 0 Å². The molecule has 0 saturated carbocycles. The van der Waals surface area contributed by atoms with Gasteiger partial charge in [0, 0.05) is 6.04 Å². The fourth-order valence-corrected chi connectivity index (χ4v) is 0.659. The van der Waals surface area contributed by atoms with E-state index in [9.17, 15) is 0 Å². The van der Waals surface area contributed by atoms with E-state index in [4.69, 9.17) is 5.11 Å². The molecule has 0 aromatic rings. The van der Waals surface area contributed by atoms with E-state index in [2.05, 4.69) is 11.9 Å². The molecule has 2 nitrogen and oxygen atoms in total. The van der Waals surface area contributed by atoms with Gasteiger partial charge in [0.2, 0.25) is 0 Å². The average Bonchev–Trinajstić information content (AvgIpc) is 1.98. The maximum Gasteiger partial charge on any atom is 0.0581 e. The molecular formula is C8H17NO. The van der Waals surface area contributed by atoms with Crippen LogP contribution >= 0.6 is 0 Å². The SMILES string of the molecule is C=CCCCN[C@@H](C)CO. The lowest BCUT2D eigenvalue weighted by atomic mass is 10.3. The highest BCUT2D eigenvalue weighted by Gasteiger charge is 1.94. The molecule has 0 saturated heterocycles. The largest absolute Gasteiger partial charge is 0.395 e. The number of aliphatic hydroxyl groups excluding tert-OH is 1. The first-order chi connectivity index (χ1) is 4.81. The summed E-state index contributed by atoms with van der Waals surface area (Å²) in [7, 11) is 0. The van der Waals surface area contributed by atoms with E-state index in [0.29, 0.717) is 0 Å². The van der Waals surface area contributed by atoms with Crippen LogP contribution in [0.4, 0.5) is 0 Å². The van der Waals surface area contributed by atoms with Crippen LogP contribution in [0.3, 0.4) is 0 Å². The van der Waals surface area contributed by atoms with Crippen molar-refractivity contribution in [1.29, 1.82) is 0 Å². The van der Waals surface area contributed by atoms with Crippen LogP contribution in [0.15, 0.2) is 12.7 Å². The monoisotopic (exact) mass is 143 g/mol. The summed E-state index contributed by atoms with van der Waals surface area (Å²) in [5, 5.41) is 11.8. The van der Waals surface area contributed by atoms with Gasteiger partial charge in [0.05, 0.1) is 6.61 Å². The number of hydrogen-bond acceptors (Lipinski definition) is 2. The Bertz CT molecular complexity index is 83.3. The first-order valence-electron chi connectivity index (χ1n) is 3.76. The highest BCUT2D eigenvalue weighted by atomic mass is 16.3. The summed E-state index contributed by atoms with van der Waals surface area (Å²) in [4.78, 5) is 0. The predicted octanol–water partition coefficient (Wildman–Crippen LogP) is 0.923. The van der Waals surface area contributed by atoms with Gasteiger partial charge >= 0.3 is 0 Å². The summed E-state index contributed by atoms with van der Waals surface area (Å²) in [6.45, 7) is 6.77. The van der Waals surface area contributed by atoms with Crippen LogP contribution < -0.4 is 5.32 Å². The highest BCUT2D eigenvalue weighted by Crippen LogP contribution is 1.87. The van der Waals surface area contributed by atoms with Gasteiger partial charge in [-0.2, -0.15) is 0 Å². The zero-order valence-corrected chi connectivity index (χ0v) is 6.64. The lowest BCUT2D eigenvalue weighted by Crippen LogP contribution is -2.29. The molecule has 0 radical (unpaired) electrons. The van der Waals surface area contributed by atoms with Gasteiger partial charge in [-0.1, -0.05) is 6.08 Å². The predicted molar refractivity (Wildman–Crippen MR) is 44.0 cm³/mol. The minimum Gasteiger partial charge on any atom is -0.395 e. The van der Waals surface area contributed by atoms with Crippen LogP contribution in [-0.2, 0) is 0 Å². The topological polar surface area (TPSA) is 32.3 Å². The Balaban J connectivity index is 2.95. The summed E-state index contributed by atoms with van der Waals surface area (Å²) in [6, 6.07) is 0.227. The maximum atomic E-state index is 8.61. The Labute approximate surface area is 62.9 Å². The van der Waals surface area contributed by atoms with E-state index in [1.54, 1.807) is 0 Å². The molecule has 0 unspecified atom stereocenters. The van der Waals surface area contributed by atoms with E-state index in [1.807, 2.05) is 13.0 Å². The molecule has 0 amide bonds. The van der Waals surface area contributed by atoms with Crippen LogP contribution in [0, 0.1) is 0 Å². The first-order valence-corrected chi connectivity index (χ1v) is 3.76. The van der Waals surface area contributed by atoms with Gasteiger partial charge in [-0.05, 0) is 26.3 Å². The van der Waals surface area contributed by atoms with E-state index in [-0.39, 0.29) is 12.6 Å². The van der Waals surface area contributed by atoms with Crippen LogP contribution in [0.5, 0.6) is 0 Å². The Morgan fingerprint density at radius 1 is 1.70 bits per heavy atom. The molecule has 0 aliphatic rings. The van der Waals surface area contributed by atoms with Crippen molar-refractivity contribution >= 4 is 0 Å². The molecule has 2 N–H and O–H groups in total. The maximum absolute atomic E-state index is 8.61. The Kier molecular flexibility index (Phi) is 6.55. The smallest absolute Gasteiger partial charge is 0.0581 e. The molecule has 2 heteroatoms. The van der Waals surface area contributed by atoms with Crippen LogP contribution in [-0.4, -0.2) is 24.3 Å². The number of rotatable bonds is 6. The zero-order valence-electron chi connectivity index (χ0n) is 6.64. The van der Waals surface area contributed by atoms with Gasteiger partial charge in [-0.3, -0.25) is 0 Å². The summed E-state index contributed by atoms with van der Waals surface area (Å²) in [5.41, 5.74) is 0. The molecule has 0 fully saturated rings. The second-order valence-corrected chi connectivity index (χ2v) is 2.47. The molecule has 0 rings (SSSR count). The van der Waals surface area contributed by atoms with Crippen molar-refractivity contribution < 1.29 is 5.11 Å². The quantitative estimate of drug-likeness (QED) is 0.428. The van der Waals surface area contributed by atoms with E-state index < -0.39 is 0 Å². The normalized spacial score (nSPS) is 13.0. The third kappa shape index (κ3) is 5.79. The second kappa shape index (κ2) is 6.78. The van der Waals surface area contributed by atoms with Crippen LogP contribution in [0.25, 0.3) is 0 Å². The van der Waals surface area contributed by atoms with E-state index in [0.717, 1.165) is 19.4 Å². The summed E-state index contributed by atoms with van der Waals surface area (Å²) in [6.07, 6.45) is 4.06. The molecule has 0 spiro atoms. The van der Waals surface area contributed by atoms with Crippen LogP contribution in [0.2, 0.25) is 0 Å². The third-order valence-electron chi connectivity index (χ3n) is 1.35. The second-order valence-electron chi connectivity index (χ2n) is 2.47. The first kappa shape index (κ1) is 9.66. The van der Waals surface area contributed by atoms with Gasteiger partial charge in [0.1, 0.15) is 0 Å². The van der Waals surface area contributed by atoms with Crippen molar-refractivity contribution in [3.05, 3.63) is 12.7 Å². The van der Waals surface area contributed by atoms with Crippen molar-refractivity contribution in [2.45, 2.75) is 25.8 Å². The van der Waals surface area contributed by atoms with Crippen molar-refractivity contribution in [2.24, 2.45) is 0 Å². The highest BCUT2D eigenvalue weighted by molar-refractivity contribution is 4.67. The summed E-state index contributed by atoms with van der Waals surface area (Å²) >= 11 is 0. The number of nitrogens with one attached hydrogen (secondary N) is 1. The molecule has 0 aliphatic heterocycles. The Morgan fingerprint density at radius 2 is 2.40 bits per heavy atom. The van der Waals surface area contributed by atoms with Gasteiger partial charge in [0.25, 0.3) is 0 Å². The minimum absolute atomic E-state index is 0.216. The molecule has 0 aliphatic carbocycles. The van der Waals surface area contributed by atoms with Gasteiger partial charge < -0.3 is 10.4 Å². The molecule has 0 aromatic carbocycles. The molecule has 1 atom stereocenters. The van der Waals surface area contributed by atoms with Gasteiger partial charge in [-0.25, -0.2) is 0 Å². The third-order valence-corrected chi connectivity index (χ3v) is 1.35. The van der Waals surface area contributed by atoms with E-state index in [1.165, 1.54) is 0 Å². The summed E-state index contributed by atoms with van der Waals surface area (Å²) < 4.78 is 0. The van der Waals surface area contributed by atoms with Crippen molar-refractivity contribution in [3.8, 4) is 0 Å². The van der Waals surface area contributed by atoms with Gasteiger partial charge in [0.15, 0.2) is 0 Å². The molecule has 60 valence electrons. The van der Waals surface area contributed by atoms with Crippen LogP contribution in [0.1, 0.15) is 19.8 Å². The average molecular weight is 143 g/mol. The molecule has 0 heterocycles. The van der Waals surface area contributed by atoms with E-state index >= 15 is 0 Å². The lowest BCUT2D eigenvalue weighted by molar-refractivity contribution is 0.252. The Hall–Kier alpha value is -0.340. The Morgan fingerprint density at radius 3 is 2.90 bits per heavy atom. The number of allylic oxidation sites excluding steroid dienone is 1. The van der Waals surface area contributed by atoms with Crippen molar-refractivity contribution in [2.75, 3.05) is 13.2 Å². The summed E-state index contributed by atoms with van der Waals surface area (Å²) in [5.74, 6) is 0. The fraction of sp³-hybridized carbons (Fsp3) is 0.750. The molecule has 0 aromatic heterocycles. The number of unbranched alkanes of at least 4 members (excludes halogenated alkanes) is 1. The standard InChI is InChI=1S/C8H17NO/c1-3-4-5-6-9-8(2)7-10/h3,8-10H,1,4-7H2,2H3/t8-/m0/s1. The number of hydrogen-bond donors (Lipinski definition) is 2. The van der Waals surface area contributed by atoms with Gasteiger partial charge in [-0.15, -0.1) is 6.58 Å². The van der Waals surface area contributed by atoms with Crippen molar-refractivity contribution in [1.82, 2.24) is 5.32 Å². The molecular weight excluding hydrogens is 126 g/mol. The minimum atomic E-state index is 0.216.